The van der Waals surface area contributed by atoms with Crippen LogP contribution in [-0.2, 0) is 12.0 Å². The number of hydrogen-bond acceptors (Lipinski definition) is 1. The minimum absolute atomic E-state index is 0.0254. The van der Waals surface area contributed by atoms with Crippen LogP contribution < -0.4 is 0 Å². The molecule has 0 bridgehead atoms. The third kappa shape index (κ3) is 2.23. The van der Waals surface area contributed by atoms with Gasteiger partial charge in [-0.05, 0) is 26.0 Å². The van der Waals surface area contributed by atoms with Crippen molar-refractivity contribution in [3.63, 3.8) is 0 Å². The van der Waals surface area contributed by atoms with Gasteiger partial charge < -0.3 is 5.11 Å². The molecule has 1 aliphatic heterocycles. The predicted octanol–water partition coefficient (Wildman–Crippen LogP) is 3.98. The molecule has 112 valence electrons. The van der Waals surface area contributed by atoms with Crippen LogP contribution in [0.25, 0.3) is 0 Å². The van der Waals surface area contributed by atoms with E-state index in [1.165, 1.54) is 17.0 Å². The highest BCUT2D eigenvalue weighted by molar-refractivity contribution is 5.93. The zero-order valence-corrected chi connectivity index (χ0v) is 13.1. The van der Waals surface area contributed by atoms with Gasteiger partial charge in [0.1, 0.15) is 0 Å². The highest BCUT2D eigenvalue weighted by atomic mass is 16.4. The molecule has 3 rings (SSSR count). The molecular formula is C19H20NO2+. The molecule has 2 aromatic carbocycles. The van der Waals surface area contributed by atoms with E-state index in [0.29, 0.717) is 5.56 Å². The van der Waals surface area contributed by atoms with E-state index in [-0.39, 0.29) is 5.41 Å². The third-order valence-electron chi connectivity index (χ3n) is 4.72. The number of hydrogen-bond donors (Lipinski definition) is 1. The van der Waals surface area contributed by atoms with Crippen LogP contribution in [0.3, 0.4) is 0 Å². The SMILES string of the molecule is CC1=[N+](Cc2ccc(C(=O)O)cc2)c2ccccc2C1(C)C. The summed E-state index contributed by atoms with van der Waals surface area (Å²) in [6.07, 6.45) is 0. The number of carboxylic acid groups (broad SMARTS) is 1. The summed E-state index contributed by atoms with van der Waals surface area (Å²) in [5, 5.41) is 8.99. The average Bonchev–Trinajstić information content (AvgIpc) is 2.69. The Morgan fingerprint density at radius 3 is 2.36 bits per heavy atom. The molecule has 0 aliphatic carbocycles. The van der Waals surface area contributed by atoms with E-state index in [2.05, 4.69) is 49.6 Å². The van der Waals surface area contributed by atoms with Crippen LogP contribution in [0.4, 0.5) is 5.69 Å². The van der Waals surface area contributed by atoms with Crippen molar-refractivity contribution in [1.29, 1.82) is 0 Å². The summed E-state index contributed by atoms with van der Waals surface area (Å²) in [5.41, 5.74) is 5.36. The van der Waals surface area contributed by atoms with Gasteiger partial charge in [-0.2, -0.15) is 4.58 Å². The van der Waals surface area contributed by atoms with E-state index in [0.717, 1.165) is 12.1 Å². The fraction of sp³-hybridized carbons (Fsp3) is 0.263. The molecule has 1 N–H and O–H groups in total. The maximum Gasteiger partial charge on any atom is 0.335 e. The molecular weight excluding hydrogens is 274 g/mol. The molecule has 0 spiro atoms. The van der Waals surface area contributed by atoms with Crippen molar-refractivity contribution in [3.8, 4) is 0 Å². The van der Waals surface area contributed by atoms with Crippen LogP contribution in [0.15, 0.2) is 48.5 Å². The van der Waals surface area contributed by atoms with E-state index in [1.807, 2.05) is 12.1 Å². The van der Waals surface area contributed by atoms with E-state index in [9.17, 15) is 4.79 Å². The lowest BCUT2D eigenvalue weighted by atomic mass is 9.82. The Labute approximate surface area is 130 Å². The van der Waals surface area contributed by atoms with Gasteiger partial charge in [-0.15, -0.1) is 0 Å². The second-order valence-corrected chi connectivity index (χ2v) is 6.32. The lowest BCUT2D eigenvalue weighted by molar-refractivity contribution is -0.456. The van der Waals surface area contributed by atoms with Crippen LogP contribution >= 0.6 is 0 Å². The Morgan fingerprint density at radius 1 is 1.09 bits per heavy atom. The molecule has 22 heavy (non-hydrogen) atoms. The Kier molecular flexibility index (Phi) is 3.36. The van der Waals surface area contributed by atoms with Crippen molar-refractivity contribution in [2.75, 3.05) is 0 Å². The van der Waals surface area contributed by atoms with Gasteiger partial charge in [0, 0.05) is 24.1 Å². The van der Waals surface area contributed by atoms with Gasteiger partial charge in [-0.25, -0.2) is 4.79 Å². The zero-order valence-electron chi connectivity index (χ0n) is 13.1. The fourth-order valence-electron chi connectivity index (χ4n) is 3.09. The molecule has 1 aliphatic rings. The Hall–Kier alpha value is -2.42. The lowest BCUT2D eigenvalue weighted by Crippen LogP contribution is -2.26. The Bertz CT molecular complexity index is 770. The Balaban J connectivity index is 1.98. The van der Waals surface area contributed by atoms with Gasteiger partial charge in [0.2, 0.25) is 5.69 Å². The normalized spacial score (nSPS) is 15.8. The summed E-state index contributed by atoms with van der Waals surface area (Å²) >= 11 is 0. The molecule has 2 aromatic rings. The molecule has 0 amide bonds. The largest absolute Gasteiger partial charge is 0.478 e. The monoisotopic (exact) mass is 294 g/mol. The first-order valence-corrected chi connectivity index (χ1v) is 7.44. The quantitative estimate of drug-likeness (QED) is 0.870. The summed E-state index contributed by atoms with van der Waals surface area (Å²) in [7, 11) is 0. The first-order chi connectivity index (χ1) is 10.4. The highest BCUT2D eigenvalue weighted by Gasteiger charge is 2.42. The fourth-order valence-corrected chi connectivity index (χ4v) is 3.09. The van der Waals surface area contributed by atoms with Crippen molar-refractivity contribution < 1.29 is 14.5 Å². The van der Waals surface area contributed by atoms with Crippen LogP contribution in [0.2, 0.25) is 0 Å². The highest BCUT2D eigenvalue weighted by Crippen LogP contribution is 2.39. The molecule has 0 fully saturated rings. The van der Waals surface area contributed by atoms with E-state index in [4.69, 9.17) is 5.11 Å². The lowest BCUT2D eigenvalue weighted by Gasteiger charge is -2.14. The van der Waals surface area contributed by atoms with Crippen molar-refractivity contribution in [2.24, 2.45) is 0 Å². The maximum absolute atomic E-state index is 10.9. The minimum atomic E-state index is -0.887. The van der Waals surface area contributed by atoms with E-state index >= 15 is 0 Å². The number of aromatic carboxylic acids is 1. The van der Waals surface area contributed by atoms with Crippen molar-refractivity contribution in [1.82, 2.24) is 0 Å². The topological polar surface area (TPSA) is 40.3 Å². The van der Waals surface area contributed by atoms with Crippen molar-refractivity contribution in [3.05, 3.63) is 65.2 Å². The van der Waals surface area contributed by atoms with Gasteiger partial charge >= 0.3 is 5.97 Å². The summed E-state index contributed by atoms with van der Waals surface area (Å²) in [6, 6.07) is 15.6. The third-order valence-corrected chi connectivity index (χ3v) is 4.72. The number of carbonyl (C=O) groups is 1. The molecule has 0 saturated carbocycles. The first-order valence-electron chi connectivity index (χ1n) is 7.44. The van der Waals surface area contributed by atoms with Gasteiger partial charge in [-0.1, -0.05) is 30.3 Å². The smallest absolute Gasteiger partial charge is 0.335 e. The van der Waals surface area contributed by atoms with Crippen molar-refractivity contribution in [2.45, 2.75) is 32.7 Å². The molecule has 0 unspecified atom stereocenters. The second-order valence-electron chi connectivity index (χ2n) is 6.32. The number of nitrogens with zero attached hydrogens (tertiary/aromatic N) is 1. The number of para-hydroxylation sites is 1. The van der Waals surface area contributed by atoms with E-state index in [1.54, 1.807) is 12.1 Å². The summed E-state index contributed by atoms with van der Waals surface area (Å²) in [6.45, 7) is 7.42. The van der Waals surface area contributed by atoms with Gasteiger partial charge in [0.15, 0.2) is 12.3 Å². The molecule has 0 aromatic heterocycles. The minimum Gasteiger partial charge on any atom is -0.478 e. The summed E-state index contributed by atoms with van der Waals surface area (Å²) in [5.74, 6) is -0.887. The number of benzene rings is 2. The zero-order chi connectivity index (χ0) is 15.9. The summed E-state index contributed by atoms with van der Waals surface area (Å²) in [4.78, 5) is 10.9. The molecule has 3 heteroatoms. The van der Waals surface area contributed by atoms with Gasteiger partial charge in [0.05, 0.1) is 11.0 Å². The number of rotatable bonds is 3. The Morgan fingerprint density at radius 2 is 1.73 bits per heavy atom. The molecule has 0 radical (unpaired) electrons. The maximum atomic E-state index is 10.9. The second kappa shape index (κ2) is 5.09. The van der Waals surface area contributed by atoms with Gasteiger partial charge in [0.25, 0.3) is 0 Å². The molecule has 3 nitrogen and oxygen atoms in total. The van der Waals surface area contributed by atoms with Gasteiger partial charge in [-0.3, -0.25) is 0 Å². The van der Waals surface area contributed by atoms with Crippen LogP contribution in [0.1, 0.15) is 42.3 Å². The number of fused-ring (bicyclic) bond motifs is 1. The number of carboxylic acids is 1. The van der Waals surface area contributed by atoms with Crippen LogP contribution in [0, 0.1) is 0 Å². The molecule has 1 heterocycles. The van der Waals surface area contributed by atoms with Crippen LogP contribution in [-0.4, -0.2) is 21.4 Å². The summed E-state index contributed by atoms with van der Waals surface area (Å²) < 4.78 is 2.32. The van der Waals surface area contributed by atoms with Crippen molar-refractivity contribution >= 4 is 17.4 Å². The predicted molar refractivity (Wildman–Crippen MR) is 87.2 cm³/mol. The molecule has 0 saturated heterocycles. The standard InChI is InChI=1S/C19H19NO2/c1-13-19(2,3)16-6-4-5-7-17(16)20(13)12-14-8-10-15(11-9-14)18(21)22/h4-11H,12H2,1-3H3/p+1. The van der Waals surface area contributed by atoms with E-state index < -0.39 is 5.97 Å². The van der Waals surface area contributed by atoms with Crippen LogP contribution in [0.5, 0.6) is 0 Å². The average molecular weight is 294 g/mol. The first kappa shape index (κ1) is 14.5. The molecule has 0 atom stereocenters.